The standard InChI is InChI=1S/C12H18N4S/c1-17-12-14-10-4-6-13-5-3-9(10)11(15-12)16-7-2-8-16/h13H,2-8H2,1H3. The normalized spacial score (nSPS) is 19.5. The van der Waals surface area contributed by atoms with Gasteiger partial charge in [0.15, 0.2) is 5.16 Å². The Kier molecular flexibility index (Phi) is 3.20. The number of hydrogen-bond donors (Lipinski definition) is 1. The summed E-state index contributed by atoms with van der Waals surface area (Å²) in [4.78, 5) is 11.8. The second kappa shape index (κ2) is 4.82. The van der Waals surface area contributed by atoms with Crippen LogP contribution in [0.5, 0.6) is 0 Å². The largest absolute Gasteiger partial charge is 0.356 e. The lowest BCUT2D eigenvalue weighted by Crippen LogP contribution is -2.38. The van der Waals surface area contributed by atoms with Crippen LogP contribution in [0.15, 0.2) is 5.16 Å². The minimum Gasteiger partial charge on any atom is -0.356 e. The van der Waals surface area contributed by atoms with Crippen LogP contribution < -0.4 is 10.2 Å². The van der Waals surface area contributed by atoms with Crippen molar-refractivity contribution < 1.29 is 0 Å². The van der Waals surface area contributed by atoms with Crippen molar-refractivity contribution in [2.24, 2.45) is 0 Å². The Bertz CT molecular complexity index is 417. The maximum atomic E-state index is 4.72. The second-order valence-corrected chi connectivity index (χ2v) is 5.32. The fourth-order valence-electron chi connectivity index (χ4n) is 2.38. The van der Waals surface area contributed by atoms with E-state index in [1.54, 1.807) is 11.8 Å². The Hall–Kier alpha value is -0.810. The van der Waals surface area contributed by atoms with Gasteiger partial charge in [0.2, 0.25) is 0 Å². The molecule has 0 unspecified atom stereocenters. The zero-order valence-electron chi connectivity index (χ0n) is 10.2. The van der Waals surface area contributed by atoms with E-state index in [0.717, 1.165) is 44.2 Å². The van der Waals surface area contributed by atoms with Crippen LogP contribution in [0, 0.1) is 0 Å². The first-order valence-electron chi connectivity index (χ1n) is 6.28. The summed E-state index contributed by atoms with van der Waals surface area (Å²) in [6, 6.07) is 0. The average Bonchev–Trinajstić information content (AvgIpc) is 2.51. The molecule has 0 spiro atoms. The van der Waals surface area contributed by atoms with Crippen molar-refractivity contribution in [1.29, 1.82) is 0 Å². The molecule has 5 heteroatoms. The number of aromatic nitrogens is 2. The Morgan fingerprint density at radius 3 is 2.71 bits per heavy atom. The smallest absolute Gasteiger partial charge is 0.189 e. The van der Waals surface area contributed by atoms with Crippen LogP contribution in [-0.2, 0) is 12.8 Å². The summed E-state index contributed by atoms with van der Waals surface area (Å²) in [6.07, 6.45) is 5.45. The van der Waals surface area contributed by atoms with Gasteiger partial charge in [0, 0.05) is 31.6 Å². The molecule has 0 aliphatic carbocycles. The van der Waals surface area contributed by atoms with E-state index in [-0.39, 0.29) is 0 Å². The molecule has 3 heterocycles. The fourth-order valence-corrected chi connectivity index (χ4v) is 2.76. The first kappa shape index (κ1) is 11.3. The van der Waals surface area contributed by atoms with Gasteiger partial charge in [-0.2, -0.15) is 0 Å². The number of hydrogen-bond acceptors (Lipinski definition) is 5. The number of fused-ring (bicyclic) bond motifs is 1. The molecule has 17 heavy (non-hydrogen) atoms. The molecule has 0 bridgehead atoms. The number of thioether (sulfide) groups is 1. The summed E-state index contributed by atoms with van der Waals surface area (Å²) in [5, 5.41) is 4.36. The molecule has 0 amide bonds. The van der Waals surface area contributed by atoms with E-state index in [9.17, 15) is 0 Å². The van der Waals surface area contributed by atoms with Crippen LogP contribution in [0.4, 0.5) is 5.82 Å². The van der Waals surface area contributed by atoms with E-state index in [0.29, 0.717) is 0 Å². The SMILES string of the molecule is CSc1nc2c(c(N3CCC3)n1)CCNCC2. The minimum absolute atomic E-state index is 0.924. The monoisotopic (exact) mass is 250 g/mol. The summed E-state index contributed by atoms with van der Waals surface area (Å²) >= 11 is 1.65. The molecule has 0 saturated carbocycles. The van der Waals surface area contributed by atoms with Crippen molar-refractivity contribution in [3.63, 3.8) is 0 Å². The van der Waals surface area contributed by atoms with Gasteiger partial charge in [0.05, 0.1) is 5.69 Å². The molecule has 2 aliphatic heterocycles. The van der Waals surface area contributed by atoms with Crippen molar-refractivity contribution in [3.8, 4) is 0 Å². The summed E-state index contributed by atoms with van der Waals surface area (Å²) in [5.41, 5.74) is 2.64. The molecule has 0 aromatic carbocycles. The molecule has 1 aromatic heterocycles. The molecular formula is C12H18N4S. The van der Waals surface area contributed by atoms with Gasteiger partial charge in [-0.3, -0.25) is 0 Å². The Labute approximate surface area is 106 Å². The van der Waals surface area contributed by atoms with Gasteiger partial charge < -0.3 is 10.2 Å². The van der Waals surface area contributed by atoms with Crippen molar-refractivity contribution in [3.05, 3.63) is 11.3 Å². The van der Waals surface area contributed by atoms with Gasteiger partial charge in [-0.05, 0) is 25.6 Å². The Morgan fingerprint density at radius 2 is 2.00 bits per heavy atom. The number of anilines is 1. The maximum absolute atomic E-state index is 4.72. The van der Waals surface area contributed by atoms with Crippen LogP contribution >= 0.6 is 11.8 Å². The summed E-state index contributed by atoms with van der Waals surface area (Å²) in [5.74, 6) is 1.20. The van der Waals surface area contributed by atoms with Crippen LogP contribution in [-0.4, -0.2) is 42.4 Å². The van der Waals surface area contributed by atoms with Crippen molar-refractivity contribution >= 4 is 17.6 Å². The molecule has 92 valence electrons. The molecule has 1 fully saturated rings. The Balaban J connectivity index is 2.04. The molecule has 1 aromatic rings. The molecule has 1 N–H and O–H groups in total. The number of nitrogens with zero attached hydrogens (tertiary/aromatic N) is 3. The molecule has 0 atom stereocenters. The highest BCUT2D eigenvalue weighted by Gasteiger charge is 2.23. The second-order valence-electron chi connectivity index (χ2n) is 4.55. The molecular weight excluding hydrogens is 232 g/mol. The lowest BCUT2D eigenvalue weighted by atomic mass is 10.1. The molecule has 4 nitrogen and oxygen atoms in total. The van der Waals surface area contributed by atoms with Gasteiger partial charge in [-0.15, -0.1) is 0 Å². The highest BCUT2D eigenvalue weighted by atomic mass is 32.2. The molecule has 2 aliphatic rings. The first-order chi connectivity index (χ1) is 8.38. The fraction of sp³-hybridized carbons (Fsp3) is 0.667. The van der Waals surface area contributed by atoms with E-state index >= 15 is 0 Å². The van der Waals surface area contributed by atoms with Gasteiger partial charge >= 0.3 is 0 Å². The van der Waals surface area contributed by atoms with Crippen LogP contribution in [0.2, 0.25) is 0 Å². The highest BCUT2D eigenvalue weighted by Crippen LogP contribution is 2.28. The zero-order chi connectivity index (χ0) is 11.7. The van der Waals surface area contributed by atoms with Crippen LogP contribution in [0.1, 0.15) is 17.7 Å². The van der Waals surface area contributed by atoms with Crippen LogP contribution in [0.3, 0.4) is 0 Å². The van der Waals surface area contributed by atoms with E-state index in [1.165, 1.54) is 23.5 Å². The summed E-state index contributed by atoms with van der Waals surface area (Å²) in [6.45, 7) is 4.41. The lowest BCUT2D eigenvalue weighted by Gasteiger charge is -2.34. The Morgan fingerprint density at radius 1 is 1.18 bits per heavy atom. The lowest BCUT2D eigenvalue weighted by molar-refractivity contribution is 0.599. The third-order valence-corrected chi connectivity index (χ3v) is 4.03. The van der Waals surface area contributed by atoms with E-state index < -0.39 is 0 Å². The quantitative estimate of drug-likeness (QED) is 0.629. The van der Waals surface area contributed by atoms with Gasteiger partial charge in [0.25, 0.3) is 0 Å². The van der Waals surface area contributed by atoms with Crippen LogP contribution in [0.25, 0.3) is 0 Å². The van der Waals surface area contributed by atoms with Gasteiger partial charge in [-0.25, -0.2) is 9.97 Å². The summed E-state index contributed by atoms with van der Waals surface area (Å²) < 4.78 is 0. The minimum atomic E-state index is 0.924. The van der Waals surface area contributed by atoms with Gasteiger partial charge in [-0.1, -0.05) is 11.8 Å². The average molecular weight is 250 g/mol. The number of rotatable bonds is 2. The predicted octanol–water partition coefficient (Wildman–Crippen LogP) is 1.10. The zero-order valence-corrected chi connectivity index (χ0v) is 11.0. The topological polar surface area (TPSA) is 41.1 Å². The van der Waals surface area contributed by atoms with Crippen molar-refractivity contribution in [1.82, 2.24) is 15.3 Å². The molecule has 0 radical (unpaired) electrons. The third-order valence-electron chi connectivity index (χ3n) is 3.48. The van der Waals surface area contributed by atoms with Crippen molar-refractivity contribution in [2.45, 2.75) is 24.4 Å². The highest BCUT2D eigenvalue weighted by molar-refractivity contribution is 7.98. The van der Waals surface area contributed by atoms with E-state index in [1.807, 2.05) is 0 Å². The maximum Gasteiger partial charge on any atom is 0.189 e. The number of nitrogens with one attached hydrogen (secondary N) is 1. The third kappa shape index (κ3) is 2.13. The van der Waals surface area contributed by atoms with E-state index in [2.05, 4.69) is 21.5 Å². The molecule has 1 saturated heterocycles. The van der Waals surface area contributed by atoms with E-state index in [4.69, 9.17) is 4.98 Å². The van der Waals surface area contributed by atoms with Crippen molar-refractivity contribution in [2.75, 3.05) is 37.3 Å². The van der Waals surface area contributed by atoms with Gasteiger partial charge in [0.1, 0.15) is 5.82 Å². The molecule has 3 rings (SSSR count). The first-order valence-corrected chi connectivity index (χ1v) is 7.50. The predicted molar refractivity (Wildman–Crippen MR) is 70.9 cm³/mol. The summed E-state index contributed by atoms with van der Waals surface area (Å²) in [7, 11) is 0.